The number of rotatable bonds is 2. The summed E-state index contributed by atoms with van der Waals surface area (Å²) in [5.41, 5.74) is 1.12. The fourth-order valence-corrected chi connectivity index (χ4v) is 2.16. The van der Waals surface area contributed by atoms with E-state index < -0.39 is 0 Å². The molecule has 2 saturated heterocycles. The lowest BCUT2D eigenvalue weighted by Gasteiger charge is -2.33. The third-order valence-electron chi connectivity index (χ3n) is 1.62. The van der Waals surface area contributed by atoms with Gasteiger partial charge in [-0.1, -0.05) is 0 Å². The van der Waals surface area contributed by atoms with Crippen molar-refractivity contribution in [2.24, 2.45) is 0 Å². The summed E-state index contributed by atoms with van der Waals surface area (Å²) in [5, 5.41) is 0. The van der Waals surface area contributed by atoms with Crippen LogP contribution in [0.3, 0.4) is 0 Å². The predicted octanol–water partition coefficient (Wildman–Crippen LogP) is 1.93. The van der Waals surface area contributed by atoms with Gasteiger partial charge >= 0.3 is 0 Å². The molecule has 0 aromatic rings. The van der Waals surface area contributed by atoms with Crippen LogP contribution in [0.4, 0.5) is 0 Å². The molecule has 52 valence electrons. The van der Waals surface area contributed by atoms with Crippen LogP contribution in [-0.2, 0) is 4.74 Å². The average Bonchev–Trinajstić information content (AvgIpc) is 1.57. The molecule has 0 radical (unpaired) electrons. The Morgan fingerprint density at radius 3 is 1.67 bits per heavy atom. The topological polar surface area (TPSA) is 9.23 Å². The van der Waals surface area contributed by atoms with Crippen LogP contribution in [0, 0.1) is 0 Å². The molecule has 0 aliphatic carbocycles. The molecule has 2 heterocycles. The van der Waals surface area contributed by atoms with Crippen LogP contribution in [0.5, 0.6) is 0 Å². The molecule has 0 amide bonds. The maximum Gasteiger partial charge on any atom is 0.105 e. The molecule has 2 fully saturated rings. The lowest BCUT2D eigenvalue weighted by molar-refractivity contribution is 0.0733. The van der Waals surface area contributed by atoms with Crippen LogP contribution in [0.1, 0.15) is 12.8 Å². The van der Waals surface area contributed by atoms with Gasteiger partial charge in [0.25, 0.3) is 0 Å². The van der Waals surface area contributed by atoms with E-state index in [1.165, 1.54) is 24.3 Å². The van der Waals surface area contributed by atoms with Crippen LogP contribution in [-0.4, -0.2) is 22.4 Å². The lowest BCUT2D eigenvalue weighted by atomic mass is 10.4. The molecule has 0 bridgehead atoms. The second-order valence-corrected chi connectivity index (χ2v) is 4.85. The van der Waals surface area contributed by atoms with Gasteiger partial charge in [0.2, 0.25) is 0 Å². The van der Waals surface area contributed by atoms with Gasteiger partial charge in [0, 0.05) is 0 Å². The fourth-order valence-electron chi connectivity index (χ4n) is 0.812. The SMILES string of the molecule is C1CC(OC2CCS2)S1. The summed E-state index contributed by atoms with van der Waals surface area (Å²) in [6.07, 6.45) is 2.56. The summed E-state index contributed by atoms with van der Waals surface area (Å²) in [6, 6.07) is 0. The van der Waals surface area contributed by atoms with Gasteiger partial charge in [-0.05, 0) is 24.3 Å². The zero-order valence-corrected chi connectivity index (χ0v) is 6.84. The van der Waals surface area contributed by atoms with Gasteiger partial charge in [0.1, 0.15) is 10.9 Å². The van der Waals surface area contributed by atoms with Crippen molar-refractivity contribution >= 4 is 23.5 Å². The zero-order chi connectivity index (χ0) is 6.10. The molecule has 9 heavy (non-hydrogen) atoms. The first-order valence-electron chi connectivity index (χ1n) is 3.34. The Labute approximate surface area is 63.9 Å². The summed E-state index contributed by atoms with van der Waals surface area (Å²) in [7, 11) is 0. The van der Waals surface area contributed by atoms with Crippen molar-refractivity contribution < 1.29 is 4.74 Å². The molecule has 2 atom stereocenters. The van der Waals surface area contributed by atoms with E-state index in [1.54, 1.807) is 0 Å². The molecule has 0 aromatic heterocycles. The van der Waals surface area contributed by atoms with Gasteiger partial charge in [-0.3, -0.25) is 0 Å². The van der Waals surface area contributed by atoms with Crippen molar-refractivity contribution in [2.45, 2.75) is 23.7 Å². The number of ether oxygens (including phenoxy) is 1. The highest BCUT2D eigenvalue weighted by Gasteiger charge is 2.26. The minimum Gasteiger partial charge on any atom is -0.354 e. The molecule has 0 N–H and O–H groups in total. The Morgan fingerprint density at radius 2 is 1.44 bits per heavy atom. The summed E-state index contributed by atoms with van der Waals surface area (Å²) in [4.78, 5) is 0. The second kappa shape index (κ2) is 2.72. The molecule has 2 aliphatic rings. The highest BCUT2D eigenvalue weighted by atomic mass is 32.2. The molecular weight excluding hydrogens is 152 g/mol. The highest BCUT2D eigenvalue weighted by molar-refractivity contribution is 8.01. The van der Waals surface area contributed by atoms with E-state index in [0.29, 0.717) is 10.9 Å². The van der Waals surface area contributed by atoms with Crippen LogP contribution < -0.4 is 0 Å². The van der Waals surface area contributed by atoms with Crippen LogP contribution >= 0.6 is 23.5 Å². The third-order valence-corrected chi connectivity index (χ3v) is 4.00. The van der Waals surface area contributed by atoms with Crippen LogP contribution in [0.2, 0.25) is 0 Å². The number of hydrogen-bond acceptors (Lipinski definition) is 3. The van der Waals surface area contributed by atoms with Crippen molar-refractivity contribution in [3.05, 3.63) is 0 Å². The number of thioether (sulfide) groups is 2. The van der Waals surface area contributed by atoms with Crippen molar-refractivity contribution in [1.29, 1.82) is 0 Å². The van der Waals surface area contributed by atoms with Crippen molar-refractivity contribution in [3.63, 3.8) is 0 Å². The Kier molecular flexibility index (Phi) is 1.93. The first kappa shape index (κ1) is 6.38. The maximum atomic E-state index is 5.65. The first-order chi connectivity index (χ1) is 4.45. The second-order valence-electron chi connectivity index (χ2n) is 2.31. The van der Waals surface area contributed by atoms with E-state index in [-0.39, 0.29) is 0 Å². The van der Waals surface area contributed by atoms with E-state index in [4.69, 9.17) is 4.74 Å². The van der Waals surface area contributed by atoms with Crippen LogP contribution in [0.15, 0.2) is 0 Å². The van der Waals surface area contributed by atoms with Crippen LogP contribution in [0.25, 0.3) is 0 Å². The molecule has 0 spiro atoms. The molecular formula is C6H10OS2. The van der Waals surface area contributed by atoms with Gasteiger partial charge < -0.3 is 4.74 Å². The van der Waals surface area contributed by atoms with Crippen molar-refractivity contribution in [3.8, 4) is 0 Å². The minimum atomic E-state index is 0.558. The van der Waals surface area contributed by atoms with Gasteiger partial charge in [-0.15, -0.1) is 23.5 Å². The minimum absolute atomic E-state index is 0.558. The summed E-state index contributed by atoms with van der Waals surface area (Å²) >= 11 is 3.89. The molecule has 3 heteroatoms. The Morgan fingerprint density at radius 1 is 1.00 bits per heavy atom. The van der Waals surface area contributed by atoms with E-state index in [2.05, 4.69) is 0 Å². The maximum absolute atomic E-state index is 5.65. The molecule has 0 saturated carbocycles. The third kappa shape index (κ3) is 1.38. The van der Waals surface area contributed by atoms with Crippen molar-refractivity contribution in [2.75, 3.05) is 11.5 Å². The monoisotopic (exact) mass is 162 g/mol. The Hall–Kier alpha value is 0.660. The molecule has 0 aromatic carbocycles. The van der Waals surface area contributed by atoms with E-state index in [9.17, 15) is 0 Å². The molecule has 2 aliphatic heterocycles. The smallest absolute Gasteiger partial charge is 0.105 e. The summed E-state index contributed by atoms with van der Waals surface area (Å²) < 4.78 is 5.65. The normalized spacial score (nSPS) is 41.3. The standard InChI is InChI=1S/C6H10OS2/c1-3-8-5(1)7-6-2-4-9-6/h5-6H,1-4H2. The van der Waals surface area contributed by atoms with Gasteiger partial charge in [0.05, 0.1) is 0 Å². The first-order valence-corrected chi connectivity index (χ1v) is 5.43. The van der Waals surface area contributed by atoms with Gasteiger partial charge in [0.15, 0.2) is 0 Å². The average molecular weight is 162 g/mol. The molecule has 1 nitrogen and oxygen atoms in total. The van der Waals surface area contributed by atoms with Crippen molar-refractivity contribution in [1.82, 2.24) is 0 Å². The number of hydrogen-bond donors (Lipinski definition) is 0. The van der Waals surface area contributed by atoms with Gasteiger partial charge in [-0.25, -0.2) is 0 Å². The predicted molar refractivity (Wildman–Crippen MR) is 42.8 cm³/mol. The fraction of sp³-hybridized carbons (Fsp3) is 1.00. The quantitative estimate of drug-likeness (QED) is 0.614. The Bertz CT molecular complexity index is 87.2. The lowest BCUT2D eigenvalue weighted by Crippen LogP contribution is -2.28. The highest BCUT2D eigenvalue weighted by Crippen LogP contribution is 2.36. The van der Waals surface area contributed by atoms with E-state index >= 15 is 0 Å². The molecule has 2 unspecified atom stereocenters. The van der Waals surface area contributed by atoms with E-state index in [1.807, 2.05) is 23.5 Å². The molecule has 2 rings (SSSR count). The largest absolute Gasteiger partial charge is 0.354 e. The summed E-state index contributed by atoms with van der Waals surface area (Å²) in [6.45, 7) is 0. The van der Waals surface area contributed by atoms with E-state index in [0.717, 1.165) is 0 Å². The van der Waals surface area contributed by atoms with Gasteiger partial charge in [-0.2, -0.15) is 0 Å². The summed E-state index contributed by atoms with van der Waals surface area (Å²) in [5.74, 6) is 2.62. The zero-order valence-electron chi connectivity index (χ0n) is 5.21. The Balaban J connectivity index is 1.64.